The molecule has 0 radical (unpaired) electrons. The Morgan fingerprint density at radius 3 is 1.13 bits per heavy atom. The number of rotatable bonds is 14. The van der Waals surface area contributed by atoms with Gasteiger partial charge in [0.1, 0.15) is 0 Å². The maximum absolute atomic E-state index is 14.7. The summed E-state index contributed by atoms with van der Waals surface area (Å²) in [4.78, 5) is 0. The van der Waals surface area contributed by atoms with Crippen molar-refractivity contribution in [3.63, 3.8) is 0 Å². The molecule has 12 nitrogen and oxygen atoms in total. The lowest BCUT2D eigenvalue weighted by Gasteiger charge is -2.18. The molecule has 0 aliphatic heterocycles. The lowest BCUT2D eigenvalue weighted by atomic mass is 10.0. The van der Waals surface area contributed by atoms with Crippen molar-refractivity contribution in [3.8, 4) is 0 Å². The summed E-state index contributed by atoms with van der Waals surface area (Å²) in [6.07, 6.45) is 0.222. The zero-order valence-corrected chi connectivity index (χ0v) is 23.5. The highest BCUT2D eigenvalue weighted by atomic mass is 32.2. The number of hydrogen-bond acceptors (Lipinski definition) is 12. The third-order valence-electron chi connectivity index (χ3n) is 4.31. The van der Waals surface area contributed by atoms with Gasteiger partial charge < -0.3 is 0 Å². The number of oxime groups is 2. The lowest BCUT2D eigenvalue weighted by Crippen LogP contribution is -2.39. The van der Waals surface area contributed by atoms with Crippen LogP contribution in [0.15, 0.2) is 34.6 Å². The standard InChI is InChI=1S/C18H24F4N2O10S4/c1-5-11-37(29,30)33-23-15(17(19,20)35(3,25)26)13-7-9-14(10-8-13)16(18(21,22)36(4,27)28)24-34-38(31,32)12-6-2/h7-10H,5-6,11-12H2,1-4H3. The summed E-state index contributed by atoms with van der Waals surface area (Å²) >= 11 is 0. The molecule has 0 saturated heterocycles. The summed E-state index contributed by atoms with van der Waals surface area (Å²) in [7, 11) is -19.6. The molecule has 0 aliphatic carbocycles. The fourth-order valence-corrected chi connectivity index (χ4v) is 4.99. The molecule has 1 aromatic rings. The van der Waals surface area contributed by atoms with E-state index >= 15 is 0 Å². The summed E-state index contributed by atoms with van der Waals surface area (Å²) in [5, 5.41) is -4.07. The van der Waals surface area contributed by atoms with Crippen molar-refractivity contribution >= 4 is 51.3 Å². The van der Waals surface area contributed by atoms with Gasteiger partial charge in [-0.15, -0.1) is 0 Å². The number of benzene rings is 1. The highest BCUT2D eigenvalue weighted by Crippen LogP contribution is 2.30. The first kappa shape index (κ1) is 33.7. The van der Waals surface area contributed by atoms with E-state index in [-0.39, 0.29) is 25.4 Å². The Morgan fingerprint density at radius 1 is 0.658 bits per heavy atom. The van der Waals surface area contributed by atoms with Crippen molar-refractivity contribution < 1.29 is 59.8 Å². The molecular formula is C18H24F4N2O10S4. The summed E-state index contributed by atoms with van der Waals surface area (Å²) in [6.45, 7) is 2.83. The first-order chi connectivity index (χ1) is 17.0. The molecule has 20 heteroatoms. The van der Waals surface area contributed by atoms with Crippen LogP contribution in [0.1, 0.15) is 37.8 Å². The maximum Gasteiger partial charge on any atom is 0.390 e. The van der Waals surface area contributed by atoms with Gasteiger partial charge in [0.2, 0.25) is 19.7 Å². The van der Waals surface area contributed by atoms with Crippen LogP contribution in [0.4, 0.5) is 17.6 Å². The van der Waals surface area contributed by atoms with Crippen LogP contribution in [0.25, 0.3) is 0 Å². The summed E-state index contributed by atoms with van der Waals surface area (Å²) in [6, 6.07) is 2.21. The lowest BCUT2D eigenvalue weighted by molar-refractivity contribution is 0.165. The molecule has 0 atom stereocenters. The SMILES string of the molecule is CCCS(=O)(=O)ON=C(c1ccc(C(=NOS(=O)(=O)CCC)C(F)(F)S(C)(=O)=O)cc1)C(F)(F)S(C)(=O)=O. The van der Waals surface area contributed by atoms with Gasteiger partial charge >= 0.3 is 30.7 Å². The van der Waals surface area contributed by atoms with Crippen LogP contribution in [0.3, 0.4) is 0 Å². The number of nitrogens with zero attached hydrogens (tertiary/aromatic N) is 2. The summed E-state index contributed by atoms with van der Waals surface area (Å²) in [5.74, 6) is -1.32. The van der Waals surface area contributed by atoms with Gasteiger partial charge in [0.05, 0.1) is 11.5 Å². The van der Waals surface area contributed by atoms with E-state index in [2.05, 4.69) is 18.9 Å². The number of hydrogen-bond donors (Lipinski definition) is 0. The predicted octanol–water partition coefficient (Wildman–Crippen LogP) is 1.88. The first-order valence-corrected chi connectivity index (χ1v) is 17.2. The molecule has 1 rings (SSSR count). The van der Waals surface area contributed by atoms with Crippen molar-refractivity contribution in [2.45, 2.75) is 37.2 Å². The molecule has 0 heterocycles. The van der Waals surface area contributed by atoms with Gasteiger partial charge in [-0.3, -0.25) is 8.57 Å². The molecule has 0 fully saturated rings. The molecule has 0 N–H and O–H groups in total. The van der Waals surface area contributed by atoms with Crippen molar-refractivity contribution in [2.75, 3.05) is 24.0 Å². The van der Waals surface area contributed by atoms with E-state index in [1.165, 1.54) is 13.8 Å². The van der Waals surface area contributed by atoms with Gasteiger partial charge in [-0.2, -0.15) is 34.4 Å². The van der Waals surface area contributed by atoms with Crippen LogP contribution in [-0.4, -0.2) is 79.6 Å². The molecule has 0 saturated carbocycles. The summed E-state index contributed by atoms with van der Waals surface area (Å²) < 4.78 is 161. The highest BCUT2D eigenvalue weighted by Gasteiger charge is 2.50. The van der Waals surface area contributed by atoms with Gasteiger partial charge in [-0.25, -0.2) is 16.8 Å². The summed E-state index contributed by atoms with van der Waals surface area (Å²) in [5.41, 5.74) is -5.14. The third-order valence-corrected chi connectivity index (χ3v) is 8.98. The van der Waals surface area contributed by atoms with Crippen LogP contribution in [-0.2, 0) is 48.5 Å². The van der Waals surface area contributed by atoms with Crippen LogP contribution < -0.4 is 0 Å². The van der Waals surface area contributed by atoms with E-state index in [1.807, 2.05) is 0 Å². The van der Waals surface area contributed by atoms with E-state index in [1.54, 1.807) is 0 Å². The van der Waals surface area contributed by atoms with Crippen molar-refractivity contribution in [1.82, 2.24) is 0 Å². The Labute approximate surface area is 217 Å². The highest BCUT2D eigenvalue weighted by molar-refractivity contribution is 7.92. The van der Waals surface area contributed by atoms with E-state index in [0.717, 1.165) is 0 Å². The average Bonchev–Trinajstić information content (AvgIpc) is 2.72. The number of alkyl halides is 4. The second-order valence-corrected chi connectivity index (χ2v) is 15.2. The van der Waals surface area contributed by atoms with Crippen LogP contribution in [0, 0.1) is 0 Å². The monoisotopic (exact) mass is 632 g/mol. The van der Waals surface area contributed by atoms with Crippen molar-refractivity contribution in [2.24, 2.45) is 10.3 Å². The zero-order valence-electron chi connectivity index (χ0n) is 20.3. The van der Waals surface area contributed by atoms with Crippen LogP contribution in [0.5, 0.6) is 0 Å². The first-order valence-electron chi connectivity index (χ1n) is 10.3. The molecule has 0 bridgehead atoms. The van der Waals surface area contributed by atoms with E-state index in [9.17, 15) is 51.2 Å². The van der Waals surface area contributed by atoms with Crippen molar-refractivity contribution in [1.29, 1.82) is 0 Å². The van der Waals surface area contributed by atoms with Crippen molar-refractivity contribution in [3.05, 3.63) is 35.4 Å². The van der Waals surface area contributed by atoms with Crippen LogP contribution >= 0.6 is 0 Å². The Bertz CT molecular complexity index is 1390. The maximum atomic E-state index is 14.7. The molecule has 0 aromatic heterocycles. The quantitative estimate of drug-likeness (QED) is 0.167. The minimum Gasteiger partial charge on any atom is -0.268 e. The molecule has 218 valence electrons. The molecule has 1 aromatic carbocycles. The minimum atomic E-state index is -5.28. The number of halogens is 4. The van der Waals surface area contributed by atoms with E-state index in [4.69, 9.17) is 0 Å². The predicted molar refractivity (Wildman–Crippen MR) is 129 cm³/mol. The molecule has 0 amide bonds. The Morgan fingerprint density at radius 2 is 0.921 bits per heavy atom. The molecule has 0 spiro atoms. The topological polar surface area (TPSA) is 180 Å². The fourth-order valence-electron chi connectivity index (χ4n) is 2.45. The molecule has 38 heavy (non-hydrogen) atoms. The van der Waals surface area contributed by atoms with Gasteiger partial charge in [-0.1, -0.05) is 48.4 Å². The molecule has 0 aliphatic rings. The van der Waals surface area contributed by atoms with Crippen LogP contribution in [0.2, 0.25) is 0 Å². The van der Waals surface area contributed by atoms with E-state index < -0.39 is 84.5 Å². The Balaban J connectivity index is 3.78. The normalized spacial score (nSPS) is 14.8. The third kappa shape index (κ3) is 8.34. The largest absolute Gasteiger partial charge is 0.390 e. The number of sulfone groups is 2. The van der Waals surface area contributed by atoms with Gasteiger partial charge in [0.15, 0.2) is 11.4 Å². The van der Waals surface area contributed by atoms with Gasteiger partial charge in [0.25, 0.3) is 0 Å². The second kappa shape index (κ2) is 11.8. The molecular weight excluding hydrogens is 608 g/mol. The smallest absolute Gasteiger partial charge is 0.268 e. The fraction of sp³-hybridized carbons (Fsp3) is 0.556. The Kier molecular flexibility index (Phi) is 10.5. The minimum absolute atomic E-state index is 0.00292. The molecule has 0 unspecified atom stereocenters. The van der Waals surface area contributed by atoms with Gasteiger partial charge in [0, 0.05) is 23.6 Å². The second-order valence-electron chi connectivity index (χ2n) is 7.71. The average molecular weight is 633 g/mol. The zero-order chi connectivity index (χ0) is 29.8. The van der Waals surface area contributed by atoms with Gasteiger partial charge in [-0.05, 0) is 12.8 Å². The Hall–Kier alpha value is -2.32. The van der Waals surface area contributed by atoms with E-state index in [0.29, 0.717) is 24.3 Å².